The first-order chi connectivity index (χ1) is 17.5. The summed E-state index contributed by atoms with van der Waals surface area (Å²) in [7, 11) is 0. The van der Waals surface area contributed by atoms with Crippen LogP contribution >= 0.6 is 34.5 Å². The largest absolute Gasteiger partial charge is 0.506 e. The second-order valence-electron chi connectivity index (χ2n) is 7.96. The number of phenolic OH excluding ortho intramolecular Hbond substituents is 1. The summed E-state index contributed by atoms with van der Waals surface area (Å²) in [6, 6.07) is 16.1. The molecule has 2 aromatic carbocycles. The molecule has 1 aliphatic rings. The lowest BCUT2D eigenvalue weighted by molar-refractivity contribution is 0.480. The van der Waals surface area contributed by atoms with Gasteiger partial charge in [0, 0.05) is 22.2 Å². The molecule has 1 atom stereocenters. The van der Waals surface area contributed by atoms with Crippen molar-refractivity contribution < 1.29 is 5.11 Å². The van der Waals surface area contributed by atoms with Crippen LogP contribution in [0.5, 0.6) is 5.75 Å². The van der Waals surface area contributed by atoms with Crippen molar-refractivity contribution in [1.29, 1.82) is 5.26 Å². The molecule has 0 aliphatic carbocycles. The summed E-state index contributed by atoms with van der Waals surface area (Å²) in [5, 5.41) is 33.5. The van der Waals surface area contributed by atoms with Crippen molar-refractivity contribution in [3.8, 4) is 17.6 Å². The molecule has 1 N–H and O–H groups in total. The normalized spacial score (nSPS) is 15.0. The smallest absolute Gasteiger partial charge is 0.274 e. The Kier molecular flexibility index (Phi) is 5.30. The van der Waals surface area contributed by atoms with Crippen molar-refractivity contribution in [2.24, 2.45) is 0 Å². The zero-order valence-corrected chi connectivity index (χ0v) is 20.4. The number of benzene rings is 2. The van der Waals surface area contributed by atoms with Gasteiger partial charge in [-0.15, -0.1) is 21.5 Å². The predicted molar refractivity (Wildman–Crippen MR) is 137 cm³/mol. The summed E-state index contributed by atoms with van der Waals surface area (Å²) < 4.78 is 2.16. The molecular weight excluding hydrogens is 519 g/mol. The Balaban J connectivity index is 1.70. The van der Waals surface area contributed by atoms with Gasteiger partial charge in [0.1, 0.15) is 15.9 Å². The third kappa shape index (κ3) is 3.38. The first-order valence-electron chi connectivity index (χ1n) is 10.6. The standard InChI is InChI=1S/C25H12Cl2N6O2S/c26-14-6-3-12(4-7-14)19-16(11-28)25-33(23-20(19)22(27)30-32-31-23)24(35)18(36-25)10-13-5-8-17(34)21-15(13)2-1-9-29-21/h1-10,19,34H/b18-10+. The zero-order valence-electron chi connectivity index (χ0n) is 18.1. The van der Waals surface area contributed by atoms with Gasteiger partial charge in [0.05, 0.1) is 22.1 Å². The zero-order chi connectivity index (χ0) is 25.0. The third-order valence-corrected chi connectivity index (χ3v) is 7.61. The summed E-state index contributed by atoms with van der Waals surface area (Å²) in [5.74, 6) is -0.341. The van der Waals surface area contributed by atoms with Gasteiger partial charge in [0.25, 0.3) is 5.56 Å². The topological polar surface area (TPSA) is 118 Å². The highest BCUT2D eigenvalue weighted by Crippen LogP contribution is 2.39. The number of pyridine rings is 1. The van der Waals surface area contributed by atoms with Gasteiger partial charge in [-0.1, -0.05) is 47.5 Å². The van der Waals surface area contributed by atoms with Gasteiger partial charge in [-0.3, -0.25) is 9.78 Å². The van der Waals surface area contributed by atoms with Crippen molar-refractivity contribution in [2.45, 2.75) is 5.92 Å². The fourth-order valence-electron chi connectivity index (χ4n) is 4.39. The minimum atomic E-state index is -0.609. The number of nitrogens with zero attached hydrogens (tertiary/aromatic N) is 6. The maximum absolute atomic E-state index is 13.6. The van der Waals surface area contributed by atoms with Crippen molar-refractivity contribution in [3.63, 3.8) is 0 Å². The molecule has 4 heterocycles. The molecule has 36 heavy (non-hydrogen) atoms. The van der Waals surface area contributed by atoms with E-state index in [4.69, 9.17) is 23.2 Å². The number of rotatable bonds is 2. The second kappa shape index (κ2) is 8.53. The Morgan fingerprint density at radius 3 is 2.69 bits per heavy atom. The number of phenols is 1. The minimum absolute atomic E-state index is 0.0437. The van der Waals surface area contributed by atoms with Gasteiger partial charge in [-0.05, 0) is 46.7 Å². The third-order valence-electron chi connectivity index (χ3n) is 5.97. The van der Waals surface area contributed by atoms with E-state index < -0.39 is 5.92 Å². The van der Waals surface area contributed by atoms with Crippen molar-refractivity contribution >= 4 is 57.1 Å². The second-order valence-corrected chi connectivity index (χ2v) is 9.78. The maximum Gasteiger partial charge on any atom is 0.274 e. The number of aromatic nitrogens is 5. The average molecular weight is 531 g/mol. The monoisotopic (exact) mass is 530 g/mol. The summed E-state index contributed by atoms with van der Waals surface area (Å²) >= 11 is 13.7. The number of halogens is 2. The van der Waals surface area contributed by atoms with Crippen LogP contribution in [0.15, 0.2) is 59.5 Å². The summed E-state index contributed by atoms with van der Waals surface area (Å²) in [4.78, 5) is 17.9. The van der Waals surface area contributed by atoms with Gasteiger partial charge in [0.2, 0.25) is 0 Å². The first-order valence-corrected chi connectivity index (χ1v) is 12.1. The molecule has 6 rings (SSSR count). The molecule has 1 unspecified atom stereocenters. The molecule has 8 nitrogen and oxygen atoms in total. The van der Waals surface area contributed by atoms with E-state index in [2.05, 4.69) is 26.5 Å². The van der Waals surface area contributed by atoms with Crippen LogP contribution in [-0.2, 0) is 0 Å². The van der Waals surface area contributed by atoms with Crippen molar-refractivity contribution in [2.75, 3.05) is 0 Å². The summed E-state index contributed by atoms with van der Waals surface area (Å²) in [6.45, 7) is 0. The lowest BCUT2D eigenvalue weighted by Crippen LogP contribution is -2.36. The highest BCUT2D eigenvalue weighted by atomic mass is 35.5. The lowest BCUT2D eigenvalue weighted by Gasteiger charge is -2.23. The van der Waals surface area contributed by atoms with Crippen molar-refractivity contribution in [3.05, 3.63) is 101 Å². The number of hydrogen-bond donors (Lipinski definition) is 1. The molecule has 174 valence electrons. The predicted octanol–water partition coefficient (Wildman–Crippen LogP) is 3.29. The molecule has 0 saturated heterocycles. The quantitative estimate of drug-likeness (QED) is 0.372. The van der Waals surface area contributed by atoms with E-state index in [9.17, 15) is 15.2 Å². The molecule has 0 fully saturated rings. The Labute approximate surface area is 216 Å². The molecule has 0 bridgehead atoms. The molecule has 1 aliphatic heterocycles. The van der Waals surface area contributed by atoms with Gasteiger partial charge < -0.3 is 5.11 Å². The van der Waals surface area contributed by atoms with Crippen molar-refractivity contribution in [1.82, 2.24) is 25.0 Å². The Morgan fingerprint density at radius 1 is 1.11 bits per heavy atom. The SMILES string of the molecule is N#CC1=c2s/c(=C/c3ccc(O)c4ncccc34)c(=O)n2-c2nnnc(Cl)c2C1c1ccc(Cl)cc1. The Hall–Kier alpha value is -4.10. The molecule has 11 heteroatoms. The number of thiazole rings is 1. The number of aromatic hydroxyl groups is 1. The Morgan fingerprint density at radius 2 is 1.92 bits per heavy atom. The molecule has 0 saturated carbocycles. The highest BCUT2D eigenvalue weighted by molar-refractivity contribution is 7.07. The van der Waals surface area contributed by atoms with Crippen LogP contribution in [0.4, 0.5) is 0 Å². The number of fused-ring (bicyclic) bond motifs is 4. The van der Waals surface area contributed by atoms with E-state index >= 15 is 0 Å². The fraction of sp³-hybridized carbons (Fsp3) is 0.0400. The molecule has 3 aromatic heterocycles. The maximum atomic E-state index is 13.6. The van der Waals surface area contributed by atoms with E-state index in [0.29, 0.717) is 41.8 Å². The summed E-state index contributed by atoms with van der Waals surface area (Å²) in [5.41, 5.74) is 2.25. The van der Waals surface area contributed by atoms with Crippen LogP contribution in [0.1, 0.15) is 22.6 Å². The summed E-state index contributed by atoms with van der Waals surface area (Å²) in [6.07, 6.45) is 3.30. The van der Waals surface area contributed by atoms with Gasteiger partial charge in [-0.2, -0.15) is 5.26 Å². The van der Waals surface area contributed by atoms with Crippen LogP contribution in [0.3, 0.4) is 0 Å². The Bertz CT molecular complexity index is 1930. The minimum Gasteiger partial charge on any atom is -0.506 e. The average Bonchev–Trinajstić information content (AvgIpc) is 3.21. The van der Waals surface area contributed by atoms with Crippen LogP contribution in [0.25, 0.3) is 28.4 Å². The molecule has 0 amide bonds. The molecule has 0 spiro atoms. The first kappa shape index (κ1) is 22.4. The highest BCUT2D eigenvalue weighted by Gasteiger charge is 2.34. The number of hydrogen-bond acceptors (Lipinski definition) is 8. The molecular formula is C25H12Cl2N6O2S. The van der Waals surface area contributed by atoms with E-state index in [1.807, 2.05) is 6.07 Å². The number of nitriles is 1. The fourth-order valence-corrected chi connectivity index (χ4v) is 5.85. The van der Waals surface area contributed by atoms with Gasteiger partial charge >= 0.3 is 0 Å². The van der Waals surface area contributed by atoms with E-state index in [1.165, 1.54) is 22.0 Å². The van der Waals surface area contributed by atoms with E-state index in [0.717, 1.165) is 5.56 Å². The molecule has 5 aromatic rings. The van der Waals surface area contributed by atoms with Crippen LogP contribution in [0, 0.1) is 11.3 Å². The van der Waals surface area contributed by atoms with E-state index in [-0.39, 0.29) is 22.3 Å². The molecule has 0 radical (unpaired) electrons. The van der Waals surface area contributed by atoms with Crippen LogP contribution in [0.2, 0.25) is 10.2 Å². The van der Waals surface area contributed by atoms with Gasteiger partial charge in [-0.25, -0.2) is 4.57 Å². The van der Waals surface area contributed by atoms with Gasteiger partial charge in [0.15, 0.2) is 11.0 Å². The van der Waals surface area contributed by atoms with Crippen LogP contribution < -0.4 is 14.8 Å². The van der Waals surface area contributed by atoms with Crippen LogP contribution in [-0.4, -0.2) is 30.1 Å². The lowest BCUT2D eigenvalue weighted by atomic mass is 9.85. The van der Waals surface area contributed by atoms with E-state index in [1.54, 1.807) is 48.7 Å².